The Morgan fingerprint density at radius 2 is 1.94 bits per heavy atom. The molecule has 33 heavy (non-hydrogen) atoms. The number of hydrogen-bond donors (Lipinski definition) is 1. The second-order valence-electron chi connectivity index (χ2n) is 8.18. The molecule has 1 atom stereocenters. The van der Waals surface area contributed by atoms with Crippen molar-refractivity contribution in [3.63, 3.8) is 0 Å². The van der Waals surface area contributed by atoms with Crippen molar-refractivity contribution in [2.75, 3.05) is 11.5 Å². The van der Waals surface area contributed by atoms with E-state index in [0.29, 0.717) is 29.0 Å². The lowest BCUT2D eigenvalue weighted by Crippen LogP contribution is -2.29. The summed E-state index contributed by atoms with van der Waals surface area (Å²) in [5, 5.41) is 13.4. The van der Waals surface area contributed by atoms with Crippen LogP contribution in [0.1, 0.15) is 55.8 Å². The van der Waals surface area contributed by atoms with Gasteiger partial charge in [0.05, 0.1) is 18.2 Å². The monoisotopic (exact) mass is 462 g/mol. The molecule has 170 valence electrons. The standard InChI is InChI=1S/C26H26N2O4S/c1-4-13-32-20-7-5-6-19(15-20)23(29)21-22(18-10-8-17(9-11-18)16(2)3)28(25(31)24(21)30)26-27-12-14-33-26/h5-12,14-16,22,29H,4,13H2,1-3H3. The van der Waals surface area contributed by atoms with Gasteiger partial charge in [-0.05, 0) is 35.6 Å². The first-order valence-corrected chi connectivity index (χ1v) is 11.8. The van der Waals surface area contributed by atoms with Crippen LogP contribution >= 0.6 is 11.3 Å². The maximum atomic E-state index is 13.2. The van der Waals surface area contributed by atoms with Gasteiger partial charge in [0, 0.05) is 17.1 Å². The number of thiazole rings is 1. The van der Waals surface area contributed by atoms with Gasteiger partial charge in [-0.2, -0.15) is 0 Å². The third-order valence-electron chi connectivity index (χ3n) is 5.57. The molecule has 4 rings (SSSR count). The number of rotatable bonds is 7. The van der Waals surface area contributed by atoms with E-state index in [1.165, 1.54) is 16.2 Å². The highest BCUT2D eigenvalue weighted by atomic mass is 32.1. The van der Waals surface area contributed by atoms with E-state index in [9.17, 15) is 14.7 Å². The summed E-state index contributed by atoms with van der Waals surface area (Å²) >= 11 is 1.27. The van der Waals surface area contributed by atoms with Crippen LogP contribution < -0.4 is 9.64 Å². The second kappa shape index (κ2) is 9.58. The molecular weight excluding hydrogens is 436 g/mol. The fraction of sp³-hybridized carbons (Fsp3) is 0.269. The summed E-state index contributed by atoms with van der Waals surface area (Å²) in [5.74, 6) is -0.737. The first kappa shape index (κ1) is 22.7. The summed E-state index contributed by atoms with van der Waals surface area (Å²) in [6.07, 6.45) is 2.44. The molecule has 0 aliphatic carbocycles. The van der Waals surface area contributed by atoms with Crippen LogP contribution in [0.15, 0.2) is 65.7 Å². The number of aliphatic hydroxyl groups excluding tert-OH is 1. The lowest BCUT2D eigenvalue weighted by atomic mass is 9.93. The number of aromatic nitrogens is 1. The van der Waals surface area contributed by atoms with Gasteiger partial charge in [-0.15, -0.1) is 11.3 Å². The van der Waals surface area contributed by atoms with Gasteiger partial charge in [-0.25, -0.2) is 4.98 Å². The van der Waals surface area contributed by atoms with Crippen LogP contribution in [0, 0.1) is 0 Å². The number of carbonyl (C=O) groups is 2. The molecule has 0 bridgehead atoms. The average Bonchev–Trinajstić information content (AvgIpc) is 3.44. The zero-order chi connectivity index (χ0) is 23.5. The quantitative estimate of drug-likeness (QED) is 0.278. The molecule has 0 spiro atoms. The summed E-state index contributed by atoms with van der Waals surface area (Å²) in [5.41, 5.74) is 2.34. The molecule has 6 nitrogen and oxygen atoms in total. The van der Waals surface area contributed by atoms with Crippen molar-refractivity contribution in [3.05, 3.63) is 82.4 Å². The Balaban J connectivity index is 1.85. The summed E-state index contributed by atoms with van der Waals surface area (Å²) in [6, 6.07) is 13.9. The van der Waals surface area contributed by atoms with E-state index in [2.05, 4.69) is 18.8 Å². The van der Waals surface area contributed by atoms with Gasteiger partial charge in [0.15, 0.2) is 5.13 Å². The molecule has 7 heteroatoms. The number of aliphatic hydroxyl groups is 1. The van der Waals surface area contributed by atoms with Gasteiger partial charge in [0.25, 0.3) is 5.78 Å². The molecule has 1 unspecified atom stereocenters. The fourth-order valence-electron chi connectivity index (χ4n) is 3.85. The SMILES string of the molecule is CCCOc1cccc(C(O)=C2C(=O)C(=O)N(c3nccs3)C2c2ccc(C(C)C)cc2)c1. The molecule has 2 heterocycles. The normalized spacial score (nSPS) is 17.7. The highest BCUT2D eigenvalue weighted by Crippen LogP contribution is 2.43. The second-order valence-corrected chi connectivity index (χ2v) is 9.05. The Hall–Kier alpha value is -3.45. The molecule has 0 saturated carbocycles. The zero-order valence-electron chi connectivity index (χ0n) is 18.8. The lowest BCUT2D eigenvalue weighted by molar-refractivity contribution is -0.132. The number of Topliss-reactive ketones (excluding diaryl/α,β-unsaturated/α-hetero) is 1. The molecule has 1 fully saturated rings. The summed E-state index contributed by atoms with van der Waals surface area (Å²) in [4.78, 5) is 31.9. The third-order valence-corrected chi connectivity index (χ3v) is 6.34. The van der Waals surface area contributed by atoms with E-state index in [0.717, 1.165) is 17.5 Å². The summed E-state index contributed by atoms with van der Waals surface area (Å²) in [6.45, 7) is 6.75. The van der Waals surface area contributed by atoms with Crippen molar-refractivity contribution in [1.29, 1.82) is 0 Å². The van der Waals surface area contributed by atoms with E-state index in [1.807, 2.05) is 31.2 Å². The topological polar surface area (TPSA) is 79.7 Å². The van der Waals surface area contributed by atoms with Crippen molar-refractivity contribution >= 4 is 33.9 Å². The van der Waals surface area contributed by atoms with Crippen LogP contribution in [-0.2, 0) is 9.59 Å². The van der Waals surface area contributed by atoms with Crippen LogP contribution in [0.4, 0.5) is 5.13 Å². The number of anilines is 1. The number of nitrogens with zero attached hydrogens (tertiary/aromatic N) is 2. The van der Waals surface area contributed by atoms with E-state index < -0.39 is 17.7 Å². The van der Waals surface area contributed by atoms with Gasteiger partial charge in [-0.3, -0.25) is 14.5 Å². The Labute approximate surface area is 197 Å². The van der Waals surface area contributed by atoms with E-state index >= 15 is 0 Å². The molecule has 1 N–H and O–H groups in total. The molecular formula is C26H26N2O4S. The predicted octanol–water partition coefficient (Wildman–Crippen LogP) is 5.68. The van der Waals surface area contributed by atoms with E-state index in [1.54, 1.807) is 35.8 Å². The minimum absolute atomic E-state index is 0.0418. The molecule has 0 radical (unpaired) electrons. The fourth-order valence-corrected chi connectivity index (χ4v) is 4.52. The molecule has 1 aliphatic rings. The Kier molecular flexibility index (Phi) is 6.60. The van der Waals surface area contributed by atoms with Gasteiger partial charge in [-0.1, -0.05) is 57.2 Å². The zero-order valence-corrected chi connectivity index (χ0v) is 19.6. The maximum absolute atomic E-state index is 13.2. The van der Waals surface area contributed by atoms with Crippen LogP contribution in [0.5, 0.6) is 5.75 Å². The van der Waals surface area contributed by atoms with Crippen molar-refractivity contribution in [2.45, 2.75) is 39.2 Å². The molecule has 1 aliphatic heterocycles. The highest BCUT2D eigenvalue weighted by molar-refractivity contribution is 7.14. The first-order valence-electron chi connectivity index (χ1n) is 11.0. The largest absolute Gasteiger partial charge is 0.507 e. The van der Waals surface area contributed by atoms with Gasteiger partial charge in [0.2, 0.25) is 0 Å². The summed E-state index contributed by atoms with van der Waals surface area (Å²) in [7, 11) is 0. The van der Waals surface area contributed by atoms with Gasteiger partial charge in [0.1, 0.15) is 11.5 Å². The number of carbonyl (C=O) groups excluding carboxylic acids is 2. The minimum Gasteiger partial charge on any atom is -0.507 e. The average molecular weight is 463 g/mol. The number of ketones is 1. The Bertz CT molecular complexity index is 1180. The van der Waals surface area contributed by atoms with Crippen LogP contribution in [0.2, 0.25) is 0 Å². The van der Waals surface area contributed by atoms with E-state index in [-0.39, 0.29) is 11.3 Å². The van der Waals surface area contributed by atoms with Crippen molar-refractivity contribution in [1.82, 2.24) is 4.98 Å². The van der Waals surface area contributed by atoms with Crippen molar-refractivity contribution in [2.24, 2.45) is 0 Å². The highest BCUT2D eigenvalue weighted by Gasteiger charge is 2.48. The molecule has 1 saturated heterocycles. The number of ether oxygens (including phenoxy) is 1. The van der Waals surface area contributed by atoms with E-state index in [4.69, 9.17) is 4.74 Å². The smallest absolute Gasteiger partial charge is 0.301 e. The molecule has 3 aromatic rings. The number of benzene rings is 2. The number of hydrogen-bond acceptors (Lipinski definition) is 6. The third kappa shape index (κ3) is 4.41. The summed E-state index contributed by atoms with van der Waals surface area (Å²) < 4.78 is 5.68. The van der Waals surface area contributed by atoms with Gasteiger partial charge >= 0.3 is 5.91 Å². The Morgan fingerprint density at radius 1 is 1.18 bits per heavy atom. The van der Waals surface area contributed by atoms with Crippen LogP contribution in [-0.4, -0.2) is 28.4 Å². The Morgan fingerprint density at radius 3 is 2.58 bits per heavy atom. The predicted molar refractivity (Wildman–Crippen MR) is 130 cm³/mol. The van der Waals surface area contributed by atoms with Gasteiger partial charge < -0.3 is 9.84 Å². The lowest BCUT2D eigenvalue weighted by Gasteiger charge is -2.23. The van der Waals surface area contributed by atoms with Crippen LogP contribution in [0.25, 0.3) is 5.76 Å². The molecule has 1 aromatic heterocycles. The first-order chi connectivity index (χ1) is 15.9. The molecule has 1 amide bonds. The van der Waals surface area contributed by atoms with Crippen molar-refractivity contribution in [3.8, 4) is 5.75 Å². The maximum Gasteiger partial charge on any atom is 0.301 e. The molecule has 2 aromatic carbocycles. The number of amides is 1. The van der Waals surface area contributed by atoms with Crippen molar-refractivity contribution < 1.29 is 19.4 Å². The minimum atomic E-state index is -0.780. The van der Waals surface area contributed by atoms with Crippen LogP contribution in [0.3, 0.4) is 0 Å².